The molecule has 0 atom stereocenters. The van der Waals surface area contributed by atoms with E-state index >= 15 is 0 Å². The van der Waals surface area contributed by atoms with Gasteiger partial charge in [-0.15, -0.1) is 5.10 Å². The summed E-state index contributed by atoms with van der Waals surface area (Å²) in [6.45, 7) is 5.71. The highest BCUT2D eigenvalue weighted by molar-refractivity contribution is 7.99. The van der Waals surface area contributed by atoms with Gasteiger partial charge in [0, 0.05) is 11.8 Å². The highest BCUT2D eigenvalue weighted by atomic mass is 32.2. The molecule has 0 radical (unpaired) electrons. The number of aromatic nitrogens is 4. The summed E-state index contributed by atoms with van der Waals surface area (Å²) in [6, 6.07) is 3.61. The fraction of sp³-hybridized carbons (Fsp3) is 0.357. The summed E-state index contributed by atoms with van der Waals surface area (Å²) in [5.41, 5.74) is 2.65. The van der Waals surface area contributed by atoms with Crippen molar-refractivity contribution in [2.24, 2.45) is 0 Å². The van der Waals surface area contributed by atoms with E-state index in [1.807, 2.05) is 13.8 Å². The van der Waals surface area contributed by atoms with E-state index in [2.05, 4.69) is 26.2 Å². The van der Waals surface area contributed by atoms with E-state index in [1.165, 1.54) is 6.07 Å². The maximum absolute atomic E-state index is 11.5. The first kappa shape index (κ1) is 15.2. The fourth-order valence-electron chi connectivity index (χ4n) is 2.03. The lowest BCUT2D eigenvalue weighted by molar-refractivity contribution is 0.813. The first-order chi connectivity index (χ1) is 10.1. The number of hydrogen-bond acceptors (Lipinski definition) is 6. The Balaban J connectivity index is 2.50. The lowest BCUT2D eigenvalue weighted by Gasteiger charge is -2.09. The van der Waals surface area contributed by atoms with Gasteiger partial charge < -0.3 is 4.98 Å². The molecule has 0 aromatic carbocycles. The molecule has 108 valence electrons. The van der Waals surface area contributed by atoms with Crippen LogP contribution in [0.3, 0.4) is 0 Å². The van der Waals surface area contributed by atoms with Crippen LogP contribution in [0.2, 0.25) is 0 Å². The molecule has 0 unspecified atom stereocenters. The number of H-pyrrole nitrogens is 1. The molecule has 0 fully saturated rings. The molecule has 2 aromatic heterocycles. The molecule has 0 bridgehead atoms. The van der Waals surface area contributed by atoms with Crippen LogP contribution < -0.4 is 5.56 Å². The van der Waals surface area contributed by atoms with Gasteiger partial charge in [-0.3, -0.25) is 4.79 Å². The molecule has 0 amide bonds. The molecule has 2 rings (SSSR count). The number of nitrogens with one attached hydrogen (secondary N) is 1. The minimum Gasteiger partial charge on any atom is -0.301 e. The van der Waals surface area contributed by atoms with Crippen molar-refractivity contribution < 1.29 is 0 Å². The maximum Gasteiger partial charge on any atom is 0.251 e. The van der Waals surface area contributed by atoms with Gasteiger partial charge in [0.1, 0.15) is 11.1 Å². The Labute approximate surface area is 126 Å². The molecule has 6 nitrogen and oxygen atoms in total. The van der Waals surface area contributed by atoms with E-state index in [0.717, 1.165) is 29.4 Å². The van der Waals surface area contributed by atoms with E-state index in [9.17, 15) is 10.1 Å². The molecule has 2 heterocycles. The van der Waals surface area contributed by atoms with Crippen molar-refractivity contribution in [2.75, 3.05) is 0 Å². The van der Waals surface area contributed by atoms with Crippen LogP contribution in [0.4, 0.5) is 0 Å². The topological polar surface area (TPSA) is 95.3 Å². The summed E-state index contributed by atoms with van der Waals surface area (Å²) in [4.78, 5) is 18.3. The van der Waals surface area contributed by atoms with Crippen molar-refractivity contribution in [2.45, 2.75) is 43.8 Å². The van der Waals surface area contributed by atoms with Gasteiger partial charge in [0.15, 0.2) is 5.16 Å². The highest BCUT2D eigenvalue weighted by Gasteiger charge is 2.16. The molecular formula is C14H15N5OS. The average Bonchev–Trinajstić information content (AvgIpc) is 2.45. The maximum atomic E-state index is 11.5. The Bertz CT molecular complexity index is 763. The predicted molar refractivity (Wildman–Crippen MR) is 79.2 cm³/mol. The zero-order valence-electron chi connectivity index (χ0n) is 12.1. The SMILES string of the molecule is CCc1nnc(Sc2nc(C)cc(=O)[nH]2)c(C#N)c1CC. The van der Waals surface area contributed by atoms with Crippen molar-refractivity contribution in [1.82, 2.24) is 20.2 Å². The molecule has 0 aliphatic carbocycles. The molecule has 7 heteroatoms. The zero-order valence-corrected chi connectivity index (χ0v) is 12.9. The van der Waals surface area contributed by atoms with Crippen LogP contribution in [-0.2, 0) is 12.8 Å². The first-order valence-electron chi connectivity index (χ1n) is 6.63. The van der Waals surface area contributed by atoms with Crippen molar-refractivity contribution in [3.63, 3.8) is 0 Å². The highest BCUT2D eigenvalue weighted by Crippen LogP contribution is 2.28. The minimum absolute atomic E-state index is 0.225. The Morgan fingerprint density at radius 2 is 2.10 bits per heavy atom. The monoisotopic (exact) mass is 301 g/mol. The van der Waals surface area contributed by atoms with Crippen LogP contribution in [0.1, 0.15) is 36.4 Å². The quantitative estimate of drug-likeness (QED) is 0.868. The van der Waals surface area contributed by atoms with Crippen molar-refractivity contribution in [1.29, 1.82) is 5.26 Å². The lowest BCUT2D eigenvalue weighted by Crippen LogP contribution is -2.09. The smallest absolute Gasteiger partial charge is 0.251 e. The largest absolute Gasteiger partial charge is 0.301 e. The van der Waals surface area contributed by atoms with Crippen LogP contribution in [0.15, 0.2) is 21.0 Å². The van der Waals surface area contributed by atoms with Gasteiger partial charge in [-0.2, -0.15) is 10.4 Å². The van der Waals surface area contributed by atoms with Crippen LogP contribution in [0.25, 0.3) is 0 Å². The van der Waals surface area contributed by atoms with Gasteiger partial charge in [0.05, 0.1) is 11.3 Å². The molecule has 21 heavy (non-hydrogen) atoms. The van der Waals surface area contributed by atoms with Gasteiger partial charge in [-0.25, -0.2) is 4.98 Å². The third-order valence-electron chi connectivity index (χ3n) is 2.97. The van der Waals surface area contributed by atoms with Gasteiger partial charge in [-0.1, -0.05) is 13.8 Å². The summed E-state index contributed by atoms with van der Waals surface area (Å²) in [6.07, 6.45) is 1.45. The summed E-state index contributed by atoms with van der Waals surface area (Å²) in [5.74, 6) is 0. The molecule has 0 saturated carbocycles. The Kier molecular flexibility index (Phi) is 4.70. The minimum atomic E-state index is -0.225. The zero-order chi connectivity index (χ0) is 15.4. The molecular weight excluding hydrogens is 286 g/mol. The second-order valence-corrected chi connectivity index (χ2v) is 5.40. The van der Waals surface area contributed by atoms with E-state index in [0.29, 0.717) is 27.9 Å². The molecule has 0 aliphatic rings. The third kappa shape index (κ3) is 3.28. The number of hydrogen-bond donors (Lipinski definition) is 1. The third-order valence-corrected chi connectivity index (χ3v) is 3.83. The van der Waals surface area contributed by atoms with E-state index in [1.54, 1.807) is 6.92 Å². The van der Waals surface area contributed by atoms with Crippen LogP contribution in [0.5, 0.6) is 0 Å². The predicted octanol–water partition coefficient (Wildman–Crippen LogP) is 2.02. The molecule has 0 spiro atoms. The average molecular weight is 301 g/mol. The van der Waals surface area contributed by atoms with E-state index in [-0.39, 0.29) is 5.56 Å². The molecule has 0 aliphatic heterocycles. The summed E-state index contributed by atoms with van der Waals surface area (Å²) < 4.78 is 0. The van der Waals surface area contributed by atoms with E-state index < -0.39 is 0 Å². The summed E-state index contributed by atoms with van der Waals surface area (Å²) in [7, 11) is 0. The number of nitrogens with zero attached hydrogens (tertiary/aromatic N) is 4. The Morgan fingerprint density at radius 1 is 1.33 bits per heavy atom. The molecule has 2 aromatic rings. The summed E-state index contributed by atoms with van der Waals surface area (Å²) in [5, 5.41) is 18.6. The van der Waals surface area contributed by atoms with Crippen molar-refractivity contribution >= 4 is 11.8 Å². The number of nitriles is 1. The number of aromatic amines is 1. The van der Waals surface area contributed by atoms with Gasteiger partial charge in [-0.05, 0) is 37.1 Å². The Morgan fingerprint density at radius 3 is 2.67 bits per heavy atom. The van der Waals surface area contributed by atoms with Crippen LogP contribution >= 0.6 is 11.8 Å². The standard InChI is InChI=1S/C14H15N5OS/c1-4-9-10(7-15)13(19-18-11(9)5-2)21-14-16-8(3)6-12(20)17-14/h6H,4-5H2,1-3H3,(H,16,17,20). The van der Waals surface area contributed by atoms with Crippen LogP contribution in [-0.4, -0.2) is 20.2 Å². The molecule has 0 saturated heterocycles. The Hall–Kier alpha value is -2.20. The van der Waals surface area contributed by atoms with Gasteiger partial charge >= 0.3 is 0 Å². The molecule has 1 N–H and O–H groups in total. The second kappa shape index (κ2) is 6.50. The normalized spacial score (nSPS) is 10.4. The summed E-state index contributed by atoms with van der Waals surface area (Å²) >= 11 is 1.15. The lowest BCUT2D eigenvalue weighted by atomic mass is 10.1. The van der Waals surface area contributed by atoms with E-state index in [4.69, 9.17) is 0 Å². The fourth-order valence-corrected chi connectivity index (χ4v) is 2.91. The second-order valence-electron chi connectivity index (χ2n) is 4.42. The van der Waals surface area contributed by atoms with Crippen molar-refractivity contribution in [3.8, 4) is 6.07 Å². The van der Waals surface area contributed by atoms with Crippen LogP contribution in [0, 0.1) is 18.3 Å². The number of aryl methyl sites for hydroxylation is 2. The van der Waals surface area contributed by atoms with Crippen molar-refractivity contribution in [3.05, 3.63) is 38.9 Å². The first-order valence-corrected chi connectivity index (χ1v) is 7.45. The van der Waals surface area contributed by atoms with Gasteiger partial charge in [0.2, 0.25) is 0 Å². The van der Waals surface area contributed by atoms with Gasteiger partial charge in [0.25, 0.3) is 5.56 Å². The number of rotatable bonds is 4.